The second-order valence-electron chi connectivity index (χ2n) is 16.7. The lowest BCUT2D eigenvalue weighted by atomic mass is 9.87. The van der Waals surface area contributed by atoms with Gasteiger partial charge in [-0.2, -0.15) is 21.1 Å². The van der Waals surface area contributed by atoms with Crippen molar-refractivity contribution < 1.29 is 34.8 Å². The molecule has 0 spiro atoms. The highest BCUT2D eigenvalue weighted by molar-refractivity contribution is 8.29. The summed E-state index contributed by atoms with van der Waals surface area (Å²) in [5.74, 6) is -0.509. The smallest absolute Gasteiger partial charge is 0.362 e. The molecule has 0 radical (unpaired) electrons. The number of hydrogen-bond acceptors (Lipinski definition) is 7. The molecule has 0 aromatic heterocycles. The van der Waals surface area contributed by atoms with Crippen molar-refractivity contribution in [3.8, 4) is 5.75 Å². The van der Waals surface area contributed by atoms with Gasteiger partial charge in [-0.1, -0.05) is 116 Å². The quantitative estimate of drug-likeness (QED) is 0.0840. The van der Waals surface area contributed by atoms with Crippen LogP contribution < -0.4 is 4.18 Å². The highest BCUT2D eigenvalue weighted by atomic mass is 32.3. The minimum Gasteiger partial charge on any atom is -0.371 e. The van der Waals surface area contributed by atoms with E-state index < -0.39 is 46.9 Å². The molecule has 1 N–H and O–H groups in total. The zero-order chi connectivity index (χ0) is 40.8. The van der Waals surface area contributed by atoms with Crippen molar-refractivity contribution in [2.75, 3.05) is 0 Å². The maximum Gasteiger partial charge on any atom is 0.362 e. The molecular formula is C43H50NO8S3+. The summed E-state index contributed by atoms with van der Waals surface area (Å²) in [6.07, 6.45) is 0. The number of hydrogen-bond donors (Lipinski definition) is 1. The molecule has 0 aliphatic carbocycles. The van der Waals surface area contributed by atoms with E-state index in [1.165, 1.54) is 12.1 Å². The van der Waals surface area contributed by atoms with Gasteiger partial charge in [0.2, 0.25) is 5.75 Å². The molecule has 5 aromatic rings. The maximum absolute atomic E-state index is 14.8. The minimum atomic E-state index is -4.85. The minimum absolute atomic E-state index is 0.0943. The SMILES string of the molecule is Cc1ccc(S(=O)(=O)Oc2ccc(S(=O)(=O)O)cc2[N+](=O)OS(c2ccc(C(C)(C)C)cc2)(c2ccc(C(C)(C)C)cc2)c2ccc(C(C)(C)C)cc2)cc1. The van der Waals surface area contributed by atoms with Crippen molar-refractivity contribution >= 4 is 36.2 Å². The Bertz CT molecular complexity index is 2260. The highest BCUT2D eigenvalue weighted by Crippen LogP contribution is 2.70. The Morgan fingerprint density at radius 2 is 0.855 bits per heavy atom. The summed E-state index contributed by atoms with van der Waals surface area (Å²) in [4.78, 5) is 16.0. The zero-order valence-electron chi connectivity index (χ0n) is 32.9. The predicted octanol–water partition coefficient (Wildman–Crippen LogP) is 11.1. The highest BCUT2D eigenvalue weighted by Gasteiger charge is 2.44. The van der Waals surface area contributed by atoms with Gasteiger partial charge in [-0.25, -0.2) is 0 Å². The van der Waals surface area contributed by atoms with Gasteiger partial charge in [-0.3, -0.25) is 4.55 Å². The molecule has 0 atom stereocenters. The van der Waals surface area contributed by atoms with Crippen LogP contribution in [-0.2, 0) is 40.8 Å². The Labute approximate surface area is 327 Å². The molecule has 0 unspecified atom stereocenters. The van der Waals surface area contributed by atoms with Crippen LogP contribution in [-0.4, -0.2) is 26.3 Å². The normalized spacial score (nSPS) is 13.3. The molecule has 12 heteroatoms. The second kappa shape index (κ2) is 14.9. The molecule has 5 rings (SSSR count). The van der Waals surface area contributed by atoms with E-state index in [0.717, 1.165) is 40.5 Å². The molecule has 0 amide bonds. The molecule has 55 heavy (non-hydrogen) atoms. The average Bonchev–Trinajstić information content (AvgIpc) is 3.09. The van der Waals surface area contributed by atoms with Gasteiger partial charge in [-0.15, -0.1) is 0 Å². The van der Waals surface area contributed by atoms with Gasteiger partial charge < -0.3 is 4.18 Å². The van der Waals surface area contributed by atoms with Gasteiger partial charge >= 0.3 is 15.8 Å². The Morgan fingerprint density at radius 1 is 0.509 bits per heavy atom. The summed E-state index contributed by atoms with van der Waals surface area (Å²) < 4.78 is 74.1. The van der Waals surface area contributed by atoms with Crippen molar-refractivity contribution in [2.24, 2.45) is 0 Å². The Balaban J connectivity index is 1.80. The Kier molecular flexibility index (Phi) is 11.3. The molecule has 0 aliphatic rings. The standard InChI is InChI=1S/C43H49NO8S3/c1-30-11-19-37(20-12-30)55(49,50)51-40-28-27-38(54(46,47)48)29-39(40)44(45)52-53(34-21-13-31(14-22-34)41(2,3)4,35-23-15-32(16-24-35)42(5,6)7)36-25-17-33(18-26-36)43(8,9)10/h11-29H,1-10H3/p+1. The van der Waals surface area contributed by atoms with Gasteiger partial charge in [0.1, 0.15) is 9.79 Å². The van der Waals surface area contributed by atoms with Crippen LogP contribution in [0.1, 0.15) is 84.6 Å². The molecule has 0 heterocycles. The van der Waals surface area contributed by atoms with Crippen LogP contribution in [0.3, 0.4) is 0 Å². The predicted molar refractivity (Wildman–Crippen MR) is 217 cm³/mol. The number of aryl methyl sites for hydroxylation is 1. The van der Waals surface area contributed by atoms with Crippen LogP contribution in [0, 0.1) is 11.8 Å². The lowest BCUT2D eigenvalue weighted by Crippen LogP contribution is -2.17. The molecule has 292 valence electrons. The molecule has 0 bridgehead atoms. The average molecular weight is 805 g/mol. The molecule has 0 saturated heterocycles. The van der Waals surface area contributed by atoms with E-state index in [9.17, 15) is 26.3 Å². The van der Waals surface area contributed by atoms with E-state index in [2.05, 4.69) is 62.3 Å². The van der Waals surface area contributed by atoms with Crippen molar-refractivity contribution in [3.05, 3.63) is 142 Å². The fourth-order valence-electron chi connectivity index (χ4n) is 5.86. The third-order valence-electron chi connectivity index (χ3n) is 9.27. The largest absolute Gasteiger partial charge is 0.371 e. The first-order valence-electron chi connectivity index (χ1n) is 17.8. The Hall–Kier alpha value is -4.49. The molecule has 0 saturated carbocycles. The first kappa shape index (κ1) is 41.7. The summed E-state index contributed by atoms with van der Waals surface area (Å²) in [5.41, 5.74) is 2.82. The first-order chi connectivity index (χ1) is 25.3. The number of rotatable bonds is 10. The summed E-state index contributed by atoms with van der Waals surface area (Å²) in [5, 5.41) is 0. The fraction of sp³-hybridized carbons (Fsp3) is 0.302. The summed E-state index contributed by atoms with van der Waals surface area (Å²) in [7, 11) is -12.4. The summed E-state index contributed by atoms with van der Waals surface area (Å²) in [6, 6.07) is 32.2. The first-order valence-corrected chi connectivity index (χ1v) is 22.2. The molecule has 0 aliphatic heterocycles. The fourth-order valence-corrected chi connectivity index (χ4v) is 10.2. The van der Waals surface area contributed by atoms with E-state index in [0.29, 0.717) is 14.7 Å². The molecule has 9 nitrogen and oxygen atoms in total. The van der Waals surface area contributed by atoms with Crippen molar-refractivity contribution in [1.29, 1.82) is 0 Å². The zero-order valence-corrected chi connectivity index (χ0v) is 35.4. The van der Waals surface area contributed by atoms with E-state index in [1.807, 2.05) is 72.8 Å². The number of nitrogens with zero attached hydrogens (tertiary/aromatic N) is 1. The van der Waals surface area contributed by atoms with Gasteiger partial charge in [0, 0.05) is 20.8 Å². The Morgan fingerprint density at radius 3 is 1.20 bits per heavy atom. The van der Waals surface area contributed by atoms with E-state index >= 15 is 0 Å². The summed E-state index contributed by atoms with van der Waals surface area (Å²) >= 11 is 0. The van der Waals surface area contributed by atoms with E-state index in [-0.39, 0.29) is 26.1 Å². The maximum atomic E-state index is 14.8. The van der Waals surface area contributed by atoms with Crippen LogP contribution in [0.15, 0.2) is 140 Å². The lowest BCUT2D eigenvalue weighted by molar-refractivity contribution is -0.697. The lowest BCUT2D eigenvalue weighted by Gasteiger charge is -2.35. The third-order valence-corrected chi connectivity index (χ3v) is 14.5. The van der Waals surface area contributed by atoms with Crippen molar-refractivity contribution in [1.82, 2.24) is 0 Å². The van der Waals surface area contributed by atoms with Gasteiger partial charge in [-0.05, 0) is 101 Å². The number of benzene rings is 5. The monoisotopic (exact) mass is 804 g/mol. The molecule has 5 aromatic carbocycles. The molecular weight excluding hydrogens is 755 g/mol. The van der Waals surface area contributed by atoms with Crippen molar-refractivity contribution in [2.45, 2.75) is 110 Å². The third kappa shape index (κ3) is 9.15. The van der Waals surface area contributed by atoms with Crippen LogP contribution >= 0.6 is 10.3 Å². The van der Waals surface area contributed by atoms with Crippen LogP contribution in [0.2, 0.25) is 0 Å². The van der Waals surface area contributed by atoms with Gasteiger partial charge in [0.15, 0.2) is 0 Å². The van der Waals surface area contributed by atoms with Crippen LogP contribution in [0.4, 0.5) is 5.69 Å². The molecule has 0 fully saturated rings. The van der Waals surface area contributed by atoms with Gasteiger partial charge in [0.05, 0.1) is 15.2 Å². The van der Waals surface area contributed by atoms with Crippen molar-refractivity contribution in [3.63, 3.8) is 0 Å². The topological polar surface area (TPSA) is 127 Å². The van der Waals surface area contributed by atoms with Crippen LogP contribution in [0.5, 0.6) is 5.75 Å². The van der Waals surface area contributed by atoms with Gasteiger partial charge in [0.25, 0.3) is 15.0 Å². The van der Waals surface area contributed by atoms with E-state index in [1.54, 1.807) is 19.1 Å². The second-order valence-corrected chi connectivity index (χ2v) is 22.3. The van der Waals surface area contributed by atoms with E-state index in [4.69, 9.17) is 8.47 Å². The van der Waals surface area contributed by atoms with Crippen LogP contribution in [0.25, 0.3) is 0 Å². The summed E-state index contributed by atoms with van der Waals surface area (Å²) in [6.45, 7) is 20.7.